The molecule has 0 fully saturated rings. The molecule has 1 atom stereocenters. The number of carbonyl (C=O) groups excluding carboxylic acids is 1. The van der Waals surface area contributed by atoms with Gasteiger partial charge in [-0.05, 0) is 24.3 Å². The SMILES string of the molecule is O=C1C=C/C(=C/C(O)COc2ccccc2)O1. The monoisotopic (exact) mass is 232 g/mol. The van der Waals surface area contributed by atoms with Gasteiger partial charge < -0.3 is 14.6 Å². The summed E-state index contributed by atoms with van der Waals surface area (Å²) in [5.74, 6) is 0.607. The van der Waals surface area contributed by atoms with Crippen LogP contribution in [0.3, 0.4) is 0 Å². The van der Waals surface area contributed by atoms with Crippen LogP contribution in [0.4, 0.5) is 0 Å². The molecule has 2 rings (SSSR count). The van der Waals surface area contributed by atoms with Crippen molar-refractivity contribution in [1.29, 1.82) is 0 Å². The highest BCUT2D eigenvalue weighted by Gasteiger charge is 2.11. The second-order valence-electron chi connectivity index (χ2n) is 3.51. The maximum absolute atomic E-state index is 10.8. The molecule has 1 aromatic carbocycles. The quantitative estimate of drug-likeness (QED) is 0.798. The van der Waals surface area contributed by atoms with Gasteiger partial charge in [0, 0.05) is 6.08 Å². The van der Waals surface area contributed by atoms with Crippen molar-refractivity contribution in [2.24, 2.45) is 0 Å². The second-order valence-corrected chi connectivity index (χ2v) is 3.51. The van der Waals surface area contributed by atoms with Crippen molar-refractivity contribution in [2.45, 2.75) is 6.10 Å². The van der Waals surface area contributed by atoms with Crippen LogP contribution in [0.2, 0.25) is 0 Å². The Morgan fingerprint density at radius 3 is 2.71 bits per heavy atom. The van der Waals surface area contributed by atoms with Gasteiger partial charge in [-0.2, -0.15) is 0 Å². The van der Waals surface area contributed by atoms with E-state index < -0.39 is 12.1 Å². The highest BCUT2D eigenvalue weighted by atomic mass is 16.5. The zero-order valence-corrected chi connectivity index (χ0v) is 9.08. The lowest BCUT2D eigenvalue weighted by Crippen LogP contribution is -2.15. The summed E-state index contributed by atoms with van der Waals surface area (Å²) in [5, 5.41) is 9.63. The number of hydrogen-bond acceptors (Lipinski definition) is 4. The van der Waals surface area contributed by atoms with Crippen molar-refractivity contribution in [2.75, 3.05) is 6.61 Å². The average Bonchev–Trinajstić information content (AvgIpc) is 2.73. The standard InChI is InChI=1S/C13H12O4/c14-10(8-12-6-7-13(15)17-12)9-16-11-4-2-1-3-5-11/h1-8,10,14H,9H2/b12-8-. The van der Waals surface area contributed by atoms with Crippen molar-refractivity contribution < 1.29 is 19.4 Å². The summed E-state index contributed by atoms with van der Waals surface area (Å²) in [6.45, 7) is 0.110. The highest BCUT2D eigenvalue weighted by Crippen LogP contribution is 2.12. The second kappa shape index (κ2) is 5.32. The summed E-state index contributed by atoms with van der Waals surface area (Å²) in [6.07, 6.45) is 3.43. The van der Waals surface area contributed by atoms with E-state index in [9.17, 15) is 9.90 Å². The number of esters is 1. The molecular formula is C13H12O4. The van der Waals surface area contributed by atoms with E-state index in [1.807, 2.05) is 18.2 Å². The molecule has 0 saturated heterocycles. The van der Waals surface area contributed by atoms with Crippen LogP contribution >= 0.6 is 0 Å². The van der Waals surface area contributed by atoms with Crippen LogP contribution in [0.5, 0.6) is 5.75 Å². The number of aliphatic hydroxyl groups excluding tert-OH is 1. The van der Waals surface area contributed by atoms with E-state index in [0.717, 1.165) is 0 Å². The number of benzene rings is 1. The Morgan fingerprint density at radius 2 is 2.06 bits per heavy atom. The normalized spacial score (nSPS) is 18.2. The molecule has 1 N–H and O–H groups in total. The van der Waals surface area contributed by atoms with Crippen LogP contribution in [-0.2, 0) is 9.53 Å². The molecule has 1 aliphatic heterocycles. The Labute approximate surface area is 98.8 Å². The van der Waals surface area contributed by atoms with E-state index in [2.05, 4.69) is 0 Å². The lowest BCUT2D eigenvalue weighted by molar-refractivity contribution is -0.132. The lowest BCUT2D eigenvalue weighted by atomic mass is 10.3. The molecule has 0 radical (unpaired) electrons. The summed E-state index contributed by atoms with van der Waals surface area (Å²) >= 11 is 0. The summed E-state index contributed by atoms with van der Waals surface area (Å²) in [4.78, 5) is 10.8. The third-order valence-corrected chi connectivity index (χ3v) is 2.12. The average molecular weight is 232 g/mol. The first-order valence-corrected chi connectivity index (χ1v) is 5.21. The van der Waals surface area contributed by atoms with Crippen LogP contribution < -0.4 is 4.74 Å². The number of carbonyl (C=O) groups is 1. The summed E-state index contributed by atoms with van der Waals surface area (Å²) in [5.41, 5.74) is 0. The topological polar surface area (TPSA) is 55.8 Å². The van der Waals surface area contributed by atoms with Crippen LogP contribution in [0.1, 0.15) is 0 Å². The minimum Gasteiger partial charge on any atom is -0.491 e. The Balaban J connectivity index is 1.84. The number of cyclic esters (lactones) is 1. The largest absolute Gasteiger partial charge is 0.491 e. The van der Waals surface area contributed by atoms with E-state index in [-0.39, 0.29) is 6.61 Å². The lowest BCUT2D eigenvalue weighted by Gasteiger charge is -2.09. The molecule has 4 heteroatoms. The maximum atomic E-state index is 10.8. The molecule has 0 spiro atoms. The van der Waals surface area contributed by atoms with Crippen LogP contribution in [0, 0.1) is 0 Å². The van der Waals surface area contributed by atoms with Crippen molar-refractivity contribution >= 4 is 5.97 Å². The van der Waals surface area contributed by atoms with Crippen LogP contribution in [-0.4, -0.2) is 23.8 Å². The molecule has 0 bridgehead atoms. The van der Waals surface area contributed by atoms with Crippen molar-refractivity contribution in [3.63, 3.8) is 0 Å². The van der Waals surface area contributed by atoms with E-state index in [0.29, 0.717) is 11.5 Å². The van der Waals surface area contributed by atoms with Crippen molar-refractivity contribution in [1.82, 2.24) is 0 Å². The third kappa shape index (κ3) is 3.46. The molecule has 4 nitrogen and oxygen atoms in total. The van der Waals surface area contributed by atoms with E-state index in [4.69, 9.17) is 9.47 Å². The number of hydrogen-bond donors (Lipinski definition) is 1. The zero-order chi connectivity index (χ0) is 12.1. The highest BCUT2D eigenvalue weighted by molar-refractivity contribution is 5.86. The molecule has 1 unspecified atom stereocenters. The Bertz CT molecular complexity index is 448. The number of allylic oxidation sites excluding steroid dienone is 1. The first-order chi connectivity index (χ1) is 8.24. The van der Waals surface area contributed by atoms with Gasteiger partial charge in [0.25, 0.3) is 0 Å². The molecule has 1 aliphatic rings. The van der Waals surface area contributed by atoms with E-state index in [1.165, 1.54) is 18.2 Å². The molecule has 1 heterocycles. The van der Waals surface area contributed by atoms with Gasteiger partial charge >= 0.3 is 5.97 Å². The smallest absolute Gasteiger partial charge is 0.336 e. The fraction of sp³-hybridized carbons (Fsp3) is 0.154. The number of ether oxygens (including phenoxy) is 2. The minimum atomic E-state index is -0.819. The van der Waals surface area contributed by atoms with Gasteiger partial charge in [-0.3, -0.25) is 0 Å². The Morgan fingerprint density at radius 1 is 1.29 bits per heavy atom. The van der Waals surface area contributed by atoms with E-state index in [1.54, 1.807) is 12.1 Å². The van der Waals surface area contributed by atoms with Crippen molar-refractivity contribution in [3.8, 4) is 5.75 Å². The van der Waals surface area contributed by atoms with Crippen LogP contribution in [0.25, 0.3) is 0 Å². The van der Waals surface area contributed by atoms with Gasteiger partial charge in [-0.25, -0.2) is 4.79 Å². The molecule has 17 heavy (non-hydrogen) atoms. The Kier molecular flexibility index (Phi) is 3.57. The predicted molar refractivity (Wildman–Crippen MR) is 61.3 cm³/mol. The molecule has 0 aliphatic carbocycles. The van der Waals surface area contributed by atoms with E-state index >= 15 is 0 Å². The third-order valence-electron chi connectivity index (χ3n) is 2.12. The summed E-state index contributed by atoms with van der Waals surface area (Å²) in [7, 11) is 0. The molecule has 88 valence electrons. The van der Waals surface area contributed by atoms with Gasteiger partial charge in [0.05, 0.1) is 0 Å². The molecule has 0 saturated carbocycles. The molecule has 0 aromatic heterocycles. The summed E-state index contributed by atoms with van der Waals surface area (Å²) in [6, 6.07) is 9.18. The first kappa shape index (κ1) is 11.4. The number of aliphatic hydroxyl groups is 1. The van der Waals surface area contributed by atoms with Gasteiger partial charge in [0.2, 0.25) is 0 Å². The molecule has 0 amide bonds. The number of rotatable bonds is 4. The van der Waals surface area contributed by atoms with Gasteiger partial charge in [0.1, 0.15) is 24.2 Å². The predicted octanol–water partition coefficient (Wildman–Crippen LogP) is 1.42. The molecule has 1 aromatic rings. The molecular weight excluding hydrogens is 220 g/mol. The fourth-order valence-electron chi connectivity index (χ4n) is 1.36. The van der Waals surface area contributed by atoms with Gasteiger partial charge in [-0.15, -0.1) is 0 Å². The zero-order valence-electron chi connectivity index (χ0n) is 9.08. The Hall–Kier alpha value is -2.07. The van der Waals surface area contributed by atoms with Crippen molar-refractivity contribution in [3.05, 3.63) is 54.3 Å². The minimum absolute atomic E-state index is 0.110. The van der Waals surface area contributed by atoms with Gasteiger partial charge in [0.15, 0.2) is 0 Å². The van der Waals surface area contributed by atoms with Gasteiger partial charge in [-0.1, -0.05) is 18.2 Å². The number of para-hydroxylation sites is 1. The summed E-state index contributed by atoms with van der Waals surface area (Å²) < 4.78 is 10.1. The van der Waals surface area contributed by atoms with Crippen LogP contribution in [0.15, 0.2) is 54.3 Å². The maximum Gasteiger partial charge on any atom is 0.336 e. The fourth-order valence-corrected chi connectivity index (χ4v) is 1.36. The first-order valence-electron chi connectivity index (χ1n) is 5.21.